The number of hydrogen-bond donors (Lipinski definition) is 1. The second-order valence-corrected chi connectivity index (χ2v) is 7.26. The van der Waals surface area contributed by atoms with Gasteiger partial charge in [-0.3, -0.25) is 0 Å². The number of nitrogens with one attached hydrogen (secondary N) is 1. The van der Waals surface area contributed by atoms with Crippen LogP contribution >= 0.6 is 23.2 Å². The van der Waals surface area contributed by atoms with Gasteiger partial charge in [0.1, 0.15) is 5.82 Å². The minimum atomic E-state index is 0.734. The highest BCUT2D eigenvalue weighted by Crippen LogP contribution is 2.35. The van der Waals surface area contributed by atoms with E-state index in [4.69, 9.17) is 28.3 Å². The summed E-state index contributed by atoms with van der Waals surface area (Å²) in [5.41, 5.74) is 5.40. The van der Waals surface area contributed by atoms with Crippen LogP contribution in [0, 0.1) is 6.92 Å². The molecule has 0 spiro atoms. The first-order valence-electron chi connectivity index (χ1n) is 8.52. The van der Waals surface area contributed by atoms with Gasteiger partial charge in [-0.05, 0) is 56.0 Å². The van der Waals surface area contributed by atoms with Crippen molar-refractivity contribution in [3.63, 3.8) is 0 Å². The van der Waals surface area contributed by atoms with Crippen molar-refractivity contribution in [1.29, 1.82) is 0 Å². The van der Waals surface area contributed by atoms with Gasteiger partial charge in [-0.2, -0.15) is 5.10 Å². The molecule has 1 aliphatic rings. The molecule has 0 saturated heterocycles. The van der Waals surface area contributed by atoms with Crippen molar-refractivity contribution in [3.05, 3.63) is 63.6 Å². The Labute approximate surface area is 157 Å². The third kappa shape index (κ3) is 3.14. The van der Waals surface area contributed by atoms with Crippen molar-refractivity contribution in [2.75, 3.05) is 11.9 Å². The summed E-state index contributed by atoms with van der Waals surface area (Å²) in [6.45, 7) is 2.96. The van der Waals surface area contributed by atoms with Crippen molar-refractivity contribution in [2.24, 2.45) is 0 Å². The lowest BCUT2D eigenvalue weighted by molar-refractivity contribution is 0.780. The van der Waals surface area contributed by atoms with Gasteiger partial charge in [0.25, 0.3) is 0 Å². The molecular formula is C20H19Cl2N3. The highest BCUT2D eigenvalue weighted by atomic mass is 35.5. The van der Waals surface area contributed by atoms with Crippen LogP contribution in [0.3, 0.4) is 0 Å². The summed E-state index contributed by atoms with van der Waals surface area (Å²) in [4.78, 5) is 0. The molecule has 3 aromatic rings. The maximum Gasteiger partial charge on any atom is 0.133 e. The molecule has 1 N–H and O–H groups in total. The van der Waals surface area contributed by atoms with Gasteiger partial charge >= 0.3 is 0 Å². The second-order valence-electron chi connectivity index (χ2n) is 6.41. The van der Waals surface area contributed by atoms with E-state index in [1.807, 2.05) is 48.0 Å². The summed E-state index contributed by atoms with van der Waals surface area (Å²) >= 11 is 12.4. The molecule has 2 aromatic carbocycles. The fourth-order valence-electron chi connectivity index (χ4n) is 3.24. The molecule has 0 amide bonds. The first kappa shape index (κ1) is 16.5. The predicted molar refractivity (Wildman–Crippen MR) is 105 cm³/mol. The van der Waals surface area contributed by atoms with Crippen molar-refractivity contribution < 1.29 is 0 Å². The van der Waals surface area contributed by atoms with Gasteiger partial charge in [-0.25, -0.2) is 4.68 Å². The highest BCUT2D eigenvalue weighted by Gasteiger charge is 2.21. The number of benzene rings is 2. The lowest BCUT2D eigenvalue weighted by Crippen LogP contribution is -2.07. The fraction of sp³-hybridized carbons (Fsp3) is 0.250. The zero-order chi connectivity index (χ0) is 17.4. The Hall–Kier alpha value is -1.97. The average molecular weight is 372 g/mol. The van der Waals surface area contributed by atoms with E-state index in [0.29, 0.717) is 0 Å². The Bertz CT molecular complexity index is 913. The summed E-state index contributed by atoms with van der Waals surface area (Å²) in [6.07, 6.45) is 3.32. The Morgan fingerprint density at radius 3 is 2.60 bits per heavy atom. The molecule has 0 unspecified atom stereocenters. The van der Waals surface area contributed by atoms with Crippen LogP contribution in [0.1, 0.15) is 24.0 Å². The maximum atomic E-state index is 6.34. The summed E-state index contributed by atoms with van der Waals surface area (Å²) in [6, 6.07) is 14.0. The topological polar surface area (TPSA) is 29.9 Å². The molecular weight excluding hydrogens is 353 g/mol. The van der Waals surface area contributed by atoms with Gasteiger partial charge in [0.15, 0.2) is 0 Å². The van der Waals surface area contributed by atoms with E-state index in [1.54, 1.807) is 0 Å². The number of rotatable bonds is 2. The molecule has 128 valence electrons. The lowest BCUT2D eigenvalue weighted by Gasteiger charge is -2.10. The number of fused-ring (bicyclic) bond motifs is 1. The van der Waals surface area contributed by atoms with Crippen LogP contribution in [-0.2, 0) is 6.42 Å². The van der Waals surface area contributed by atoms with Crippen LogP contribution in [0.2, 0.25) is 10.0 Å². The molecule has 4 rings (SSSR count). The number of halogens is 2. The number of aromatic nitrogens is 2. The molecule has 2 heterocycles. The summed E-state index contributed by atoms with van der Waals surface area (Å²) in [7, 11) is 0. The minimum Gasteiger partial charge on any atom is -0.370 e. The van der Waals surface area contributed by atoms with Gasteiger partial charge < -0.3 is 5.32 Å². The standard InChI is InChI=1S/C20H19Cl2N3/c1-13-5-10-16(12-18(13)22)25-20-17(4-2-3-11-23-20)19(24-25)14-6-8-15(21)9-7-14/h5-10,12,23H,2-4,11H2,1H3. The molecule has 3 nitrogen and oxygen atoms in total. The third-order valence-electron chi connectivity index (χ3n) is 4.65. The number of anilines is 1. The van der Waals surface area contributed by atoms with E-state index in [0.717, 1.165) is 64.2 Å². The molecule has 1 aliphatic heterocycles. The normalized spacial score (nSPS) is 13.9. The number of aryl methyl sites for hydroxylation is 1. The van der Waals surface area contributed by atoms with E-state index in [2.05, 4.69) is 11.4 Å². The van der Waals surface area contributed by atoms with Crippen molar-refractivity contribution in [3.8, 4) is 16.9 Å². The fourth-order valence-corrected chi connectivity index (χ4v) is 3.54. The molecule has 0 atom stereocenters. The van der Waals surface area contributed by atoms with Crippen molar-refractivity contribution >= 4 is 29.0 Å². The molecule has 0 saturated carbocycles. The molecule has 5 heteroatoms. The maximum absolute atomic E-state index is 6.34. The quantitative estimate of drug-likeness (QED) is 0.607. The Kier molecular flexibility index (Phi) is 4.45. The molecule has 25 heavy (non-hydrogen) atoms. The second kappa shape index (κ2) is 6.74. The first-order valence-corrected chi connectivity index (χ1v) is 9.27. The largest absolute Gasteiger partial charge is 0.370 e. The first-order chi connectivity index (χ1) is 12.1. The number of nitrogens with zero attached hydrogens (tertiary/aromatic N) is 2. The van der Waals surface area contributed by atoms with E-state index in [9.17, 15) is 0 Å². The van der Waals surface area contributed by atoms with Gasteiger partial charge in [0.2, 0.25) is 0 Å². The average Bonchev–Trinajstić information content (AvgIpc) is 2.80. The summed E-state index contributed by atoms with van der Waals surface area (Å²) in [5, 5.41) is 9.97. The smallest absolute Gasteiger partial charge is 0.133 e. The molecule has 0 radical (unpaired) electrons. The molecule has 0 fully saturated rings. The molecule has 1 aromatic heterocycles. The minimum absolute atomic E-state index is 0.734. The van der Waals surface area contributed by atoms with Crippen LogP contribution < -0.4 is 5.32 Å². The van der Waals surface area contributed by atoms with Crippen LogP contribution in [0.4, 0.5) is 5.82 Å². The lowest BCUT2D eigenvalue weighted by atomic mass is 10.0. The van der Waals surface area contributed by atoms with Gasteiger partial charge in [-0.15, -0.1) is 0 Å². The van der Waals surface area contributed by atoms with Crippen LogP contribution in [0.15, 0.2) is 42.5 Å². The van der Waals surface area contributed by atoms with Crippen LogP contribution in [0.5, 0.6) is 0 Å². The van der Waals surface area contributed by atoms with E-state index >= 15 is 0 Å². The van der Waals surface area contributed by atoms with Crippen LogP contribution in [0.25, 0.3) is 16.9 Å². The Balaban J connectivity index is 1.89. The van der Waals surface area contributed by atoms with Gasteiger partial charge in [0, 0.05) is 27.7 Å². The zero-order valence-electron chi connectivity index (χ0n) is 14.0. The zero-order valence-corrected chi connectivity index (χ0v) is 15.5. The van der Waals surface area contributed by atoms with Gasteiger partial charge in [0.05, 0.1) is 11.4 Å². The van der Waals surface area contributed by atoms with Crippen molar-refractivity contribution in [2.45, 2.75) is 26.2 Å². The molecule has 0 aliphatic carbocycles. The SMILES string of the molecule is Cc1ccc(-n2nc(-c3ccc(Cl)cc3)c3c2NCCCC3)cc1Cl. The highest BCUT2D eigenvalue weighted by molar-refractivity contribution is 6.31. The van der Waals surface area contributed by atoms with E-state index in [-0.39, 0.29) is 0 Å². The van der Waals surface area contributed by atoms with E-state index in [1.165, 1.54) is 5.56 Å². The third-order valence-corrected chi connectivity index (χ3v) is 5.31. The summed E-state index contributed by atoms with van der Waals surface area (Å²) in [5.74, 6) is 1.07. The summed E-state index contributed by atoms with van der Waals surface area (Å²) < 4.78 is 1.98. The van der Waals surface area contributed by atoms with Crippen LogP contribution in [-0.4, -0.2) is 16.3 Å². The monoisotopic (exact) mass is 371 g/mol. The van der Waals surface area contributed by atoms with Gasteiger partial charge in [-0.1, -0.05) is 41.4 Å². The van der Waals surface area contributed by atoms with Crippen molar-refractivity contribution in [1.82, 2.24) is 9.78 Å². The van der Waals surface area contributed by atoms with E-state index < -0.39 is 0 Å². The Morgan fingerprint density at radius 1 is 1.04 bits per heavy atom. The predicted octanol–water partition coefficient (Wildman–Crippen LogP) is 5.90. The Morgan fingerprint density at radius 2 is 1.84 bits per heavy atom. The molecule has 0 bridgehead atoms. The number of hydrogen-bond acceptors (Lipinski definition) is 2.